The van der Waals surface area contributed by atoms with Crippen molar-refractivity contribution in [3.8, 4) is 0 Å². The predicted molar refractivity (Wildman–Crippen MR) is 48.3 cm³/mol. The van der Waals surface area contributed by atoms with Gasteiger partial charge in [0, 0.05) is 13.8 Å². The third-order valence-corrected chi connectivity index (χ3v) is 2.49. The molecule has 0 radical (unpaired) electrons. The Morgan fingerprint density at radius 1 is 0.917 bits per heavy atom. The van der Waals surface area contributed by atoms with Crippen molar-refractivity contribution in [1.29, 1.82) is 0 Å². The first-order chi connectivity index (χ1) is 5.37. The molecule has 7 heteroatoms. The molecule has 0 aromatic carbocycles. The van der Waals surface area contributed by atoms with Crippen LogP contribution in [0.4, 0.5) is 4.79 Å². The molecule has 0 aliphatic carbocycles. The molecule has 0 bridgehead atoms. The van der Waals surface area contributed by atoms with Gasteiger partial charge in [-0.05, 0) is 0 Å². The molecule has 0 aliphatic heterocycles. The number of carbonyl (C=O) groups excluding carboxylic acids is 3. The number of urea groups is 1. The van der Waals surface area contributed by atoms with E-state index < -0.39 is 17.8 Å². The molecule has 68 valence electrons. The van der Waals surface area contributed by atoms with Gasteiger partial charge < -0.3 is 0 Å². The lowest BCUT2D eigenvalue weighted by molar-refractivity contribution is -0.123. The number of halogens is 2. The standard InChI is InChI=1S/C5H6Br2N2O3/c1-3(10)8(6)5(12)9(7)4(2)11/h1-2H3. The maximum atomic E-state index is 11.0. The summed E-state index contributed by atoms with van der Waals surface area (Å²) < 4.78 is 1.28. The van der Waals surface area contributed by atoms with Crippen LogP contribution < -0.4 is 0 Å². The fourth-order valence-corrected chi connectivity index (χ4v) is 0.876. The highest BCUT2D eigenvalue weighted by Crippen LogP contribution is 2.09. The van der Waals surface area contributed by atoms with E-state index in [9.17, 15) is 14.4 Å². The zero-order valence-electron chi connectivity index (χ0n) is 6.38. The minimum absolute atomic E-state index is 0.509. The Hall–Kier alpha value is -0.430. The third kappa shape index (κ3) is 2.90. The molecule has 0 heterocycles. The van der Waals surface area contributed by atoms with Gasteiger partial charge in [-0.15, -0.1) is 0 Å². The lowest BCUT2D eigenvalue weighted by Crippen LogP contribution is -2.36. The Morgan fingerprint density at radius 3 is 1.33 bits per heavy atom. The van der Waals surface area contributed by atoms with Crippen molar-refractivity contribution in [3.05, 3.63) is 0 Å². The van der Waals surface area contributed by atoms with Gasteiger partial charge in [0.25, 0.3) is 0 Å². The SMILES string of the molecule is CC(=O)N(Br)C(=O)N(Br)C(C)=O. The van der Waals surface area contributed by atoms with Gasteiger partial charge in [0.05, 0.1) is 32.3 Å². The van der Waals surface area contributed by atoms with E-state index in [1.807, 2.05) is 0 Å². The smallest absolute Gasteiger partial charge is 0.274 e. The molecule has 0 spiro atoms. The molecule has 4 amide bonds. The summed E-state index contributed by atoms with van der Waals surface area (Å²) in [6, 6.07) is -0.782. The molecule has 0 aliphatic rings. The average molecular weight is 302 g/mol. The number of carbonyl (C=O) groups is 3. The van der Waals surface area contributed by atoms with Crippen molar-refractivity contribution in [2.45, 2.75) is 13.8 Å². The summed E-state index contributed by atoms with van der Waals surface area (Å²) in [7, 11) is 0. The van der Waals surface area contributed by atoms with E-state index in [4.69, 9.17) is 0 Å². The molecular formula is C5H6Br2N2O3. The molecule has 0 aromatic rings. The van der Waals surface area contributed by atoms with Gasteiger partial charge >= 0.3 is 6.03 Å². The zero-order valence-corrected chi connectivity index (χ0v) is 9.55. The number of amides is 4. The van der Waals surface area contributed by atoms with Crippen molar-refractivity contribution in [2.75, 3.05) is 0 Å². The van der Waals surface area contributed by atoms with Crippen molar-refractivity contribution in [3.63, 3.8) is 0 Å². The van der Waals surface area contributed by atoms with Crippen LogP contribution in [0.25, 0.3) is 0 Å². The van der Waals surface area contributed by atoms with Gasteiger partial charge in [0.1, 0.15) is 0 Å². The minimum Gasteiger partial charge on any atom is -0.274 e. The van der Waals surface area contributed by atoms with Gasteiger partial charge in [-0.1, -0.05) is 0 Å². The number of nitrogens with zero attached hydrogens (tertiary/aromatic N) is 2. The molecule has 0 N–H and O–H groups in total. The number of imide groups is 2. The van der Waals surface area contributed by atoms with E-state index in [1.165, 1.54) is 13.8 Å². The van der Waals surface area contributed by atoms with E-state index >= 15 is 0 Å². The van der Waals surface area contributed by atoms with Crippen molar-refractivity contribution < 1.29 is 14.4 Å². The third-order valence-electron chi connectivity index (χ3n) is 0.889. The second kappa shape index (κ2) is 4.56. The molecule has 0 fully saturated rings. The topological polar surface area (TPSA) is 57.7 Å². The number of hydrogen-bond acceptors (Lipinski definition) is 3. The fourth-order valence-electron chi connectivity index (χ4n) is 0.346. The van der Waals surface area contributed by atoms with E-state index in [2.05, 4.69) is 32.3 Å². The highest BCUT2D eigenvalue weighted by molar-refractivity contribution is 9.08. The van der Waals surface area contributed by atoms with Gasteiger partial charge in [-0.2, -0.15) is 7.85 Å². The number of rotatable bonds is 0. The van der Waals surface area contributed by atoms with Crippen LogP contribution in [0.2, 0.25) is 0 Å². The monoisotopic (exact) mass is 300 g/mol. The van der Waals surface area contributed by atoms with Crippen LogP contribution in [0, 0.1) is 0 Å². The maximum absolute atomic E-state index is 11.0. The average Bonchev–Trinajstić information content (AvgIpc) is 2.00. The Kier molecular flexibility index (Phi) is 4.40. The van der Waals surface area contributed by atoms with Crippen molar-refractivity contribution in [1.82, 2.24) is 7.85 Å². The van der Waals surface area contributed by atoms with Gasteiger partial charge in [0.15, 0.2) is 0 Å². The summed E-state index contributed by atoms with van der Waals surface area (Å²) >= 11 is 5.37. The van der Waals surface area contributed by atoms with Gasteiger partial charge in [-0.25, -0.2) is 4.79 Å². The van der Waals surface area contributed by atoms with E-state index in [0.717, 1.165) is 0 Å². The summed E-state index contributed by atoms with van der Waals surface area (Å²) in [6.45, 7) is 2.38. The lowest BCUT2D eigenvalue weighted by atomic mass is 10.6. The highest BCUT2D eigenvalue weighted by Gasteiger charge is 2.23. The van der Waals surface area contributed by atoms with Crippen LogP contribution in [-0.4, -0.2) is 25.7 Å². The van der Waals surface area contributed by atoms with Gasteiger partial charge in [-0.3, -0.25) is 9.59 Å². The maximum Gasteiger partial charge on any atom is 0.354 e. The summed E-state index contributed by atoms with van der Waals surface area (Å²) in [4.78, 5) is 32.3. The molecule has 5 nitrogen and oxygen atoms in total. The first-order valence-electron chi connectivity index (χ1n) is 2.84. The van der Waals surface area contributed by atoms with E-state index in [-0.39, 0.29) is 0 Å². The molecular weight excluding hydrogens is 296 g/mol. The van der Waals surface area contributed by atoms with Crippen molar-refractivity contribution >= 4 is 50.1 Å². The van der Waals surface area contributed by atoms with Crippen LogP contribution in [0.3, 0.4) is 0 Å². The second-order valence-corrected chi connectivity index (χ2v) is 3.30. The zero-order chi connectivity index (χ0) is 9.89. The molecule has 0 rings (SSSR count). The Bertz CT molecular complexity index is 209. The summed E-state index contributed by atoms with van der Waals surface area (Å²) in [5.74, 6) is -1.02. The minimum atomic E-state index is -0.782. The number of hydrogen-bond donors (Lipinski definition) is 0. The van der Waals surface area contributed by atoms with Crippen LogP contribution in [-0.2, 0) is 9.59 Å². The lowest BCUT2D eigenvalue weighted by Gasteiger charge is -2.15. The van der Waals surface area contributed by atoms with E-state index in [0.29, 0.717) is 7.85 Å². The Morgan fingerprint density at radius 2 is 1.17 bits per heavy atom. The largest absolute Gasteiger partial charge is 0.354 e. The molecule has 0 atom stereocenters. The van der Waals surface area contributed by atoms with Crippen molar-refractivity contribution in [2.24, 2.45) is 0 Å². The molecule has 0 aromatic heterocycles. The van der Waals surface area contributed by atoms with Gasteiger partial charge in [0.2, 0.25) is 11.8 Å². The fraction of sp³-hybridized carbons (Fsp3) is 0.400. The first kappa shape index (κ1) is 11.6. The first-order valence-corrected chi connectivity index (χ1v) is 4.26. The molecule has 0 saturated carbocycles. The summed E-state index contributed by atoms with van der Waals surface area (Å²) in [5, 5.41) is 0. The Labute approximate surface area is 86.4 Å². The second-order valence-electron chi connectivity index (χ2n) is 1.88. The molecule has 0 saturated heterocycles. The van der Waals surface area contributed by atoms with E-state index in [1.54, 1.807) is 0 Å². The molecule has 12 heavy (non-hydrogen) atoms. The highest BCUT2D eigenvalue weighted by atomic mass is 79.9. The Balaban J connectivity index is 4.39. The quantitative estimate of drug-likeness (QED) is 0.636. The van der Waals surface area contributed by atoms with Crippen LogP contribution in [0.5, 0.6) is 0 Å². The van der Waals surface area contributed by atoms with Crippen LogP contribution in [0.15, 0.2) is 0 Å². The van der Waals surface area contributed by atoms with Crippen LogP contribution in [0.1, 0.15) is 13.8 Å². The summed E-state index contributed by atoms with van der Waals surface area (Å²) in [5.41, 5.74) is 0. The summed E-state index contributed by atoms with van der Waals surface area (Å²) in [6.07, 6.45) is 0. The molecule has 0 unspecified atom stereocenters. The predicted octanol–water partition coefficient (Wildman–Crippen LogP) is 1.42. The van der Waals surface area contributed by atoms with Crippen LogP contribution >= 0.6 is 32.3 Å². The normalized spacial score (nSPS) is 9.00.